The zero-order valence-electron chi connectivity index (χ0n) is 22.5. The van der Waals surface area contributed by atoms with E-state index < -0.39 is 48.2 Å². The lowest BCUT2D eigenvalue weighted by Gasteiger charge is -2.44. The van der Waals surface area contributed by atoms with E-state index in [0.717, 1.165) is 16.0 Å². The lowest BCUT2D eigenvalue weighted by atomic mass is 9.93. The van der Waals surface area contributed by atoms with Gasteiger partial charge in [-0.25, -0.2) is 8.78 Å². The number of nitrogens with zero attached hydrogens (tertiary/aromatic N) is 3. The Morgan fingerprint density at radius 1 is 0.929 bits per heavy atom. The molecule has 0 spiro atoms. The van der Waals surface area contributed by atoms with E-state index in [1.807, 2.05) is 18.2 Å². The molecule has 0 saturated carbocycles. The van der Waals surface area contributed by atoms with E-state index in [4.69, 9.17) is 23.2 Å². The zero-order chi connectivity index (χ0) is 29.8. The van der Waals surface area contributed by atoms with Crippen molar-refractivity contribution in [2.75, 3.05) is 26.2 Å². The van der Waals surface area contributed by atoms with Crippen LogP contribution < -0.4 is 5.32 Å². The molecule has 1 N–H and O–H groups in total. The van der Waals surface area contributed by atoms with Crippen LogP contribution in [0.1, 0.15) is 57.5 Å². The van der Waals surface area contributed by atoms with Crippen molar-refractivity contribution in [2.24, 2.45) is 0 Å². The minimum Gasteiger partial charge on any atom is -0.295 e. The normalized spacial score (nSPS) is 25.0. The maximum Gasteiger partial charge on any atom is 0.275 e. The molecule has 2 unspecified atom stereocenters. The molecule has 220 valence electrons. The molecule has 4 amide bonds. The minimum atomic E-state index is -3.01. The second-order valence-corrected chi connectivity index (χ2v) is 11.9. The van der Waals surface area contributed by atoms with Crippen molar-refractivity contribution in [3.63, 3.8) is 0 Å². The van der Waals surface area contributed by atoms with Gasteiger partial charge in [0.05, 0.1) is 33.8 Å². The predicted octanol–water partition coefficient (Wildman–Crippen LogP) is 4.39. The van der Waals surface area contributed by atoms with Gasteiger partial charge in [0.2, 0.25) is 11.8 Å². The molecule has 4 aliphatic heterocycles. The molecule has 2 fully saturated rings. The number of benzene rings is 2. The lowest BCUT2D eigenvalue weighted by molar-refractivity contribution is -0.136. The van der Waals surface area contributed by atoms with Crippen LogP contribution in [0.4, 0.5) is 8.78 Å². The number of hydrogen-bond donors (Lipinski definition) is 1. The van der Waals surface area contributed by atoms with Gasteiger partial charge in [0.15, 0.2) is 0 Å². The number of likely N-dealkylation sites (tertiary alicyclic amines) is 1. The van der Waals surface area contributed by atoms with Gasteiger partial charge in [-0.15, -0.1) is 0 Å². The van der Waals surface area contributed by atoms with Crippen LogP contribution in [0.15, 0.2) is 42.5 Å². The maximum absolute atomic E-state index is 15.6. The Morgan fingerprint density at radius 3 is 2.40 bits per heavy atom. The van der Waals surface area contributed by atoms with Gasteiger partial charge < -0.3 is 0 Å². The molecule has 6 rings (SSSR count). The highest BCUT2D eigenvalue weighted by Gasteiger charge is 2.49. The van der Waals surface area contributed by atoms with Crippen molar-refractivity contribution in [1.29, 1.82) is 0 Å². The maximum atomic E-state index is 15.6. The van der Waals surface area contributed by atoms with Crippen molar-refractivity contribution >= 4 is 52.4 Å². The first-order valence-electron chi connectivity index (χ1n) is 13.9. The first kappa shape index (κ1) is 28.9. The summed E-state index contributed by atoms with van der Waals surface area (Å²) in [6, 6.07) is 8.15. The Bertz CT molecular complexity index is 1530. The molecule has 2 aromatic carbocycles. The van der Waals surface area contributed by atoms with Crippen LogP contribution >= 0.6 is 23.2 Å². The van der Waals surface area contributed by atoms with Crippen molar-refractivity contribution in [1.82, 2.24) is 20.0 Å². The van der Waals surface area contributed by atoms with Crippen LogP contribution in [-0.4, -0.2) is 82.5 Å². The van der Waals surface area contributed by atoms with Crippen molar-refractivity contribution in [3.05, 3.63) is 74.8 Å². The number of fused-ring (bicyclic) bond motifs is 1. The number of halogens is 4. The van der Waals surface area contributed by atoms with E-state index >= 15 is 8.78 Å². The average molecular weight is 617 g/mol. The van der Waals surface area contributed by atoms with Gasteiger partial charge in [0.1, 0.15) is 6.04 Å². The molecular formula is C30H28Cl2F2N4O4. The molecule has 2 aromatic rings. The second-order valence-electron chi connectivity index (χ2n) is 11.1. The highest BCUT2D eigenvalue weighted by atomic mass is 35.5. The Kier molecular flexibility index (Phi) is 7.67. The van der Waals surface area contributed by atoms with E-state index in [1.54, 1.807) is 28.0 Å². The molecule has 2 saturated heterocycles. The van der Waals surface area contributed by atoms with Gasteiger partial charge in [-0.1, -0.05) is 53.5 Å². The summed E-state index contributed by atoms with van der Waals surface area (Å²) < 4.78 is 31.2. The molecule has 4 aliphatic rings. The minimum absolute atomic E-state index is 0.0170. The van der Waals surface area contributed by atoms with Gasteiger partial charge in [-0.3, -0.25) is 39.2 Å². The number of rotatable bonds is 5. The van der Waals surface area contributed by atoms with E-state index in [2.05, 4.69) is 5.32 Å². The summed E-state index contributed by atoms with van der Waals surface area (Å²) in [6.07, 6.45) is 2.81. The second kappa shape index (κ2) is 11.1. The smallest absolute Gasteiger partial charge is 0.275 e. The van der Waals surface area contributed by atoms with Crippen molar-refractivity contribution in [2.45, 2.75) is 50.2 Å². The molecule has 8 nitrogen and oxygen atoms in total. The van der Waals surface area contributed by atoms with Gasteiger partial charge in [-0.05, 0) is 48.1 Å². The van der Waals surface area contributed by atoms with Crippen LogP contribution in [0.2, 0.25) is 10.0 Å². The third-order valence-corrected chi connectivity index (χ3v) is 9.39. The van der Waals surface area contributed by atoms with Crippen LogP contribution in [0, 0.1) is 0 Å². The van der Waals surface area contributed by atoms with E-state index in [-0.39, 0.29) is 36.9 Å². The van der Waals surface area contributed by atoms with E-state index in [0.29, 0.717) is 41.7 Å². The quantitative estimate of drug-likeness (QED) is 0.501. The Labute approximate surface area is 251 Å². The van der Waals surface area contributed by atoms with Gasteiger partial charge in [0, 0.05) is 32.6 Å². The van der Waals surface area contributed by atoms with E-state index in [1.165, 1.54) is 6.07 Å². The first-order chi connectivity index (χ1) is 20.0. The van der Waals surface area contributed by atoms with Crippen molar-refractivity contribution < 1.29 is 28.0 Å². The topological polar surface area (TPSA) is 90.0 Å². The summed E-state index contributed by atoms with van der Waals surface area (Å²) in [7, 11) is 0. The molecular weight excluding hydrogens is 589 g/mol. The largest absolute Gasteiger partial charge is 0.295 e. The molecule has 12 heteroatoms. The van der Waals surface area contributed by atoms with Crippen molar-refractivity contribution in [3.8, 4) is 0 Å². The standard InChI is InChI=1S/C30H28Cl2F2N4O4/c31-21-6-2-4-19(26(21)32)17-9-13-37(14-10-17)23-11-12-36(16-30(23,33)34)15-18-3-1-5-20-25(18)29(42)38(28(20)41)22-7-8-24(39)35-27(22)40/h1-6,9,22-23H,7-8,10-16H2,(H,35,39,40). The molecule has 42 heavy (non-hydrogen) atoms. The number of carbonyl (C=O) groups is 4. The predicted molar refractivity (Wildman–Crippen MR) is 152 cm³/mol. The molecule has 0 radical (unpaired) electrons. The van der Waals surface area contributed by atoms with Gasteiger partial charge in [-0.2, -0.15) is 0 Å². The fraction of sp³-hybridized carbons (Fsp3) is 0.400. The van der Waals surface area contributed by atoms with Gasteiger partial charge >= 0.3 is 0 Å². The average Bonchev–Trinajstić information content (AvgIpc) is 3.20. The van der Waals surface area contributed by atoms with Crippen LogP contribution in [-0.2, 0) is 16.1 Å². The number of hydrogen-bond acceptors (Lipinski definition) is 6. The Morgan fingerprint density at radius 2 is 1.69 bits per heavy atom. The number of piperidine rings is 2. The van der Waals surface area contributed by atoms with E-state index in [9.17, 15) is 19.2 Å². The number of alkyl halides is 2. The fourth-order valence-electron chi connectivity index (χ4n) is 6.51. The highest BCUT2D eigenvalue weighted by Crippen LogP contribution is 2.38. The summed E-state index contributed by atoms with van der Waals surface area (Å²) in [5, 5.41) is 3.09. The number of nitrogens with one attached hydrogen (secondary N) is 1. The number of carbonyl (C=O) groups excluding carboxylic acids is 4. The van der Waals surface area contributed by atoms with Crippen LogP contribution in [0.25, 0.3) is 5.57 Å². The summed E-state index contributed by atoms with van der Waals surface area (Å²) in [5.41, 5.74) is 2.54. The van der Waals surface area contributed by atoms with Crippen LogP contribution in [0.5, 0.6) is 0 Å². The molecule has 0 bridgehead atoms. The number of imide groups is 2. The third kappa shape index (κ3) is 5.15. The fourth-order valence-corrected chi connectivity index (χ4v) is 6.93. The molecule has 0 aliphatic carbocycles. The monoisotopic (exact) mass is 616 g/mol. The summed E-state index contributed by atoms with van der Waals surface area (Å²) >= 11 is 12.5. The zero-order valence-corrected chi connectivity index (χ0v) is 24.1. The Hall–Kier alpha value is -3.18. The molecule has 4 heterocycles. The lowest BCUT2D eigenvalue weighted by Crippen LogP contribution is -2.58. The first-order valence-corrected chi connectivity index (χ1v) is 14.6. The Balaban J connectivity index is 1.14. The van der Waals surface area contributed by atoms with Gasteiger partial charge in [0.25, 0.3) is 17.7 Å². The SMILES string of the molecule is O=C1CCC(N2C(=O)c3cccc(CN4CCC(N5CC=C(c6cccc(Cl)c6Cl)CC5)C(F)(F)C4)c3C2=O)C(=O)N1. The summed E-state index contributed by atoms with van der Waals surface area (Å²) in [4.78, 5) is 54.8. The van der Waals surface area contributed by atoms with Crippen LogP contribution in [0.3, 0.4) is 0 Å². The highest BCUT2D eigenvalue weighted by molar-refractivity contribution is 6.43. The summed E-state index contributed by atoms with van der Waals surface area (Å²) in [5.74, 6) is -5.42. The molecule has 2 atom stereocenters. The molecule has 0 aromatic heterocycles. The number of amides is 4. The third-order valence-electron chi connectivity index (χ3n) is 8.57. The summed E-state index contributed by atoms with van der Waals surface area (Å²) in [6.45, 7) is 0.792.